The fourth-order valence-electron chi connectivity index (χ4n) is 2.58. The Hall–Kier alpha value is -1.34. The monoisotopic (exact) mass is 285 g/mol. The second kappa shape index (κ2) is 7.44. The molecule has 0 aromatic heterocycles. The minimum Gasteiger partial charge on any atom is -0.481 e. The molecule has 2 saturated heterocycles. The molecule has 2 heterocycles. The van der Waals surface area contributed by atoms with Gasteiger partial charge in [0, 0.05) is 39.3 Å². The number of carboxylic acid groups (broad SMARTS) is 1. The standard InChI is InChI=1S/C13H23N3O4/c17-12(18)3-10-20-11-1-6-15(7-2-11)13(19)16-8-4-14-5-9-16/h11,14H,1-10H2,(H,17,18). The van der Waals surface area contributed by atoms with Gasteiger partial charge in [0.05, 0.1) is 19.1 Å². The number of nitrogens with zero attached hydrogens (tertiary/aromatic N) is 2. The molecule has 2 rings (SSSR count). The van der Waals surface area contributed by atoms with Crippen molar-refractivity contribution in [3.63, 3.8) is 0 Å². The zero-order chi connectivity index (χ0) is 14.4. The average Bonchev–Trinajstić information content (AvgIpc) is 2.48. The third-order valence-electron chi connectivity index (χ3n) is 3.77. The van der Waals surface area contributed by atoms with E-state index in [1.165, 1.54) is 0 Å². The number of piperidine rings is 1. The van der Waals surface area contributed by atoms with Gasteiger partial charge < -0.3 is 25.0 Å². The first-order valence-corrected chi connectivity index (χ1v) is 7.25. The van der Waals surface area contributed by atoms with Gasteiger partial charge in [-0.15, -0.1) is 0 Å². The highest BCUT2D eigenvalue weighted by Gasteiger charge is 2.27. The van der Waals surface area contributed by atoms with E-state index in [-0.39, 0.29) is 25.2 Å². The predicted octanol–water partition coefficient (Wildman–Crippen LogP) is -0.0327. The first kappa shape index (κ1) is 15.1. The molecule has 7 heteroatoms. The molecule has 0 saturated carbocycles. The van der Waals surface area contributed by atoms with E-state index in [1.807, 2.05) is 9.80 Å². The van der Waals surface area contributed by atoms with Gasteiger partial charge >= 0.3 is 12.0 Å². The number of carbonyl (C=O) groups excluding carboxylic acids is 1. The molecule has 0 bridgehead atoms. The molecule has 0 aliphatic carbocycles. The average molecular weight is 285 g/mol. The van der Waals surface area contributed by atoms with Crippen LogP contribution in [0.15, 0.2) is 0 Å². The number of ether oxygens (including phenoxy) is 1. The summed E-state index contributed by atoms with van der Waals surface area (Å²) in [6, 6.07) is 0.121. The van der Waals surface area contributed by atoms with Crippen molar-refractivity contribution >= 4 is 12.0 Å². The molecule has 0 aromatic carbocycles. The first-order valence-electron chi connectivity index (χ1n) is 7.25. The Kier molecular flexibility index (Phi) is 5.60. The van der Waals surface area contributed by atoms with Crippen LogP contribution >= 0.6 is 0 Å². The number of hydrogen-bond donors (Lipinski definition) is 2. The number of carbonyl (C=O) groups is 2. The molecule has 7 nitrogen and oxygen atoms in total. The van der Waals surface area contributed by atoms with Crippen LogP contribution in [0.1, 0.15) is 19.3 Å². The summed E-state index contributed by atoms with van der Waals surface area (Å²) >= 11 is 0. The van der Waals surface area contributed by atoms with Crippen molar-refractivity contribution < 1.29 is 19.4 Å². The Morgan fingerprint density at radius 2 is 1.70 bits per heavy atom. The molecule has 0 atom stereocenters. The molecule has 0 radical (unpaired) electrons. The summed E-state index contributed by atoms with van der Waals surface area (Å²) in [4.78, 5) is 26.5. The zero-order valence-electron chi connectivity index (χ0n) is 11.7. The Bertz CT molecular complexity index is 337. The van der Waals surface area contributed by atoms with Crippen molar-refractivity contribution in [1.82, 2.24) is 15.1 Å². The smallest absolute Gasteiger partial charge is 0.320 e. The molecule has 114 valence electrons. The highest BCUT2D eigenvalue weighted by Crippen LogP contribution is 2.15. The lowest BCUT2D eigenvalue weighted by Crippen LogP contribution is -2.53. The van der Waals surface area contributed by atoms with Crippen LogP contribution in [0.25, 0.3) is 0 Å². The molecular weight excluding hydrogens is 262 g/mol. The van der Waals surface area contributed by atoms with E-state index in [4.69, 9.17) is 9.84 Å². The van der Waals surface area contributed by atoms with E-state index in [9.17, 15) is 9.59 Å². The van der Waals surface area contributed by atoms with E-state index < -0.39 is 5.97 Å². The van der Waals surface area contributed by atoms with E-state index in [2.05, 4.69) is 5.32 Å². The van der Waals surface area contributed by atoms with Crippen LogP contribution < -0.4 is 5.32 Å². The summed E-state index contributed by atoms with van der Waals surface area (Å²) in [5, 5.41) is 11.8. The van der Waals surface area contributed by atoms with Gasteiger partial charge in [-0.25, -0.2) is 4.79 Å². The molecule has 0 spiro atoms. The number of nitrogens with one attached hydrogen (secondary N) is 1. The second-order valence-corrected chi connectivity index (χ2v) is 5.22. The summed E-state index contributed by atoms with van der Waals surface area (Å²) in [6.45, 7) is 4.91. The Morgan fingerprint density at radius 1 is 1.10 bits per heavy atom. The van der Waals surface area contributed by atoms with Gasteiger partial charge in [-0.05, 0) is 12.8 Å². The van der Waals surface area contributed by atoms with Gasteiger partial charge in [0.1, 0.15) is 0 Å². The molecular formula is C13H23N3O4. The van der Waals surface area contributed by atoms with E-state index in [1.54, 1.807) is 0 Å². The van der Waals surface area contributed by atoms with Crippen LogP contribution in [0.4, 0.5) is 4.79 Å². The van der Waals surface area contributed by atoms with Crippen molar-refractivity contribution in [2.24, 2.45) is 0 Å². The van der Waals surface area contributed by atoms with Crippen molar-refractivity contribution in [1.29, 1.82) is 0 Å². The summed E-state index contributed by atoms with van der Waals surface area (Å²) < 4.78 is 5.52. The Labute approximate surface area is 118 Å². The van der Waals surface area contributed by atoms with Crippen LogP contribution in [0.2, 0.25) is 0 Å². The molecule has 0 aromatic rings. The lowest BCUT2D eigenvalue weighted by Gasteiger charge is -2.37. The van der Waals surface area contributed by atoms with Crippen LogP contribution in [-0.4, -0.2) is 78.9 Å². The third kappa shape index (κ3) is 4.35. The number of carboxylic acids is 1. The van der Waals surface area contributed by atoms with Crippen LogP contribution in [-0.2, 0) is 9.53 Å². The van der Waals surface area contributed by atoms with Crippen molar-refractivity contribution in [2.75, 3.05) is 45.9 Å². The maximum Gasteiger partial charge on any atom is 0.320 e. The number of piperazine rings is 1. The van der Waals surface area contributed by atoms with E-state index in [0.29, 0.717) is 13.1 Å². The molecule has 20 heavy (non-hydrogen) atoms. The lowest BCUT2D eigenvalue weighted by molar-refractivity contribution is -0.138. The minimum atomic E-state index is -0.837. The molecule has 2 fully saturated rings. The number of urea groups is 1. The Morgan fingerprint density at radius 3 is 2.30 bits per heavy atom. The number of aliphatic carboxylic acids is 1. The predicted molar refractivity (Wildman–Crippen MR) is 72.6 cm³/mol. The maximum absolute atomic E-state index is 12.3. The quantitative estimate of drug-likeness (QED) is 0.758. The Balaban J connectivity index is 1.68. The summed E-state index contributed by atoms with van der Waals surface area (Å²) in [5.74, 6) is -0.837. The van der Waals surface area contributed by atoms with E-state index >= 15 is 0 Å². The third-order valence-corrected chi connectivity index (χ3v) is 3.77. The van der Waals surface area contributed by atoms with Gasteiger partial charge in [-0.1, -0.05) is 0 Å². The topological polar surface area (TPSA) is 82.1 Å². The lowest BCUT2D eigenvalue weighted by atomic mass is 10.1. The molecule has 2 aliphatic heterocycles. The number of hydrogen-bond acceptors (Lipinski definition) is 4. The molecule has 0 unspecified atom stereocenters. The SMILES string of the molecule is O=C(O)CCOC1CCN(C(=O)N2CCNCC2)CC1. The van der Waals surface area contributed by atoms with Crippen molar-refractivity contribution in [3.8, 4) is 0 Å². The van der Waals surface area contributed by atoms with E-state index in [0.717, 1.165) is 39.0 Å². The van der Waals surface area contributed by atoms with Crippen molar-refractivity contribution in [2.45, 2.75) is 25.4 Å². The summed E-state index contributed by atoms with van der Waals surface area (Å²) in [5.41, 5.74) is 0. The van der Waals surface area contributed by atoms with Crippen LogP contribution in [0, 0.1) is 0 Å². The van der Waals surface area contributed by atoms with Crippen LogP contribution in [0.5, 0.6) is 0 Å². The maximum atomic E-state index is 12.3. The molecule has 2 aliphatic rings. The van der Waals surface area contributed by atoms with Gasteiger partial charge in [0.25, 0.3) is 0 Å². The van der Waals surface area contributed by atoms with Crippen LogP contribution in [0.3, 0.4) is 0 Å². The highest BCUT2D eigenvalue weighted by atomic mass is 16.5. The largest absolute Gasteiger partial charge is 0.481 e. The van der Waals surface area contributed by atoms with Gasteiger partial charge in [-0.2, -0.15) is 0 Å². The highest BCUT2D eigenvalue weighted by molar-refractivity contribution is 5.74. The van der Waals surface area contributed by atoms with Crippen molar-refractivity contribution in [3.05, 3.63) is 0 Å². The van der Waals surface area contributed by atoms with Gasteiger partial charge in [0.15, 0.2) is 0 Å². The number of likely N-dealkylation sites (tertiary alicyclic amines) is 1. The first-order chi connectivity index (χ1) is 9.66. The fraction of sp³-hybridized carbons (Fsp3) is 0.846. The summed E-state index contributed by atoms with van der Waals surface area (Å²) in [6.07, 6.45) is 1.70. The minimum absolute atomic E-state index is 0.0416. The zero-order valence-corrected chi connectivity index (χ0v) is 11.7. The molecule has 2 amide bonds. The van der Waals surface area contributed by atoms with Gasteiger partial charge in [-0.3, -0.25) is 4.79 Å². The number of rotatable bonds is 4. The summed E-state index contributed by atoms with van der Waals surface area (Å²) in [7, 11) is 0. The normalized spacial score (nSPS) is 21.0. The fourth-order valence-corrected chi connectivity index (χ4v) is 2.58. The van der Waals surface area contributed by atoms with Gasteiger partial charge in [0.2, 0.25) is 0 Å². The number of amides is 2. The second-order valence-electron chi connectivity index (χ2n) is 5.22. The molecule has 2 N–H and O–H groups in total.